The number of benzene rings is 1. The summed E-state index contributed by atoms with van der Waals surface area (Å²) >= 11 is 0. The van der Waals surface area contributed by atoms with E-state index in [1.165, 1.54) is 0 Å². The van der Waals surface area contributed by atoms with Gasteiger partial charge in [-0.3, -0.25) is 4.55 Å². The first-order valence-corrected chi connectivity index (χ1v) is 6.85. The minimum atomic E-state index is -3.86. The van der Waals surface area contributed by atoms with Gasteiger partial charge in [0.05, 0.1) is 19.5 Å². The summed E-state index contributed by atoms with van der Waals surface area (Å²) in [5.74, 6) is 1.03. The second kappa shape index (κ2) is 8.77. The number of hydrogen-bond acceptors (Lipinski definition) is 4. The Labute approximate surface area is 130 Å². The Balaban J connectivity index is 0.00000289. The van der Waals surface area contributed by atoms with E-state index in [4.69, 9.17) is 14.0 Å². The Hall–Kier alpha value is -0.270. The molecule has 0 aliphatic rings. The third-order valence-electron chi connectivity index (χ3n) is 2.12. The van der Waals surface area contributed by atoms with Crippen molar-refractivity contribution in [3.63, 3.8) is 0 Å². The van der Waals surface area contributed by atoms with E-state index in [0.717, 1.165) is 0 Å². The van der Waals surface area contributed by atoms with Crippen LogP contribution < -0.4 is 9.47 Å². The van der Waals surface area contributed by atoms with Crippen LogP contribution in [0.25, 0.3) is 0 Å². The molecule has 18 heavy (non-hydrogen) atoms. The molecule has 0 amide bonds. The van der Waals surface area contributed by atoms with Crippen LogP contribution in [-0.4, -0.2) is 62.0 Å². The predicted molar refractivity (Wildman–Crippen MR) is 71.3 cm³/mol. The van der Waals surface area contributed by atoms with Crippen molar-refractivity contribution in [2.75, 3.05) is 19.5 Å². The molecule has 0 aliphatic heterocycles. The second-order valence-electron chi connectivity index (χ2n) is 3.49. The predicted octanol–water partition coefficient (Wildman–Crippen LogP) is 1.09. The van der Waals surface area contributed by atoms with E-state index >= 15 is 0 Å². The maximum atomic E-state index is 10.5. The molecule has 7 heteroatoms. The van der Waals surface area contributed by atoms with Crippen molar-refractivity contribution >= 4 is 39.7 Å². The summed E-state index contributed by atoms with van der Waals surface area (Å²) in [6.45, 7) is 0.385. The van der Waals surface area contributed by atoms with Crippen LogP contribution in [0.1, 0.15) is 12.8 Å². The molecule has 0 aromatic heterocycles. The molecule has 1 aromatic rings. The number of ether oxygens (including phenoxy) is 2. The van der Waals surface area contributed by atoms with Gasteiger partial charge in [0.25, 0.3) is 10.1 Å². The average Bonchev–Trinajstić information content (AvgIpc) is 2.27. The van der Waals surface area contributed by atoms with Crippen LogP contribution in [-0.2, 0) is 10.1 Å². The van der Waals surface area contributed by atoms with Gasteiger partial charge in [0, 0.05) is 0 Å². The van der Waals surface area contributed by atoms with Crippen LogP contribution in [0.4, 0.5) is 0 Å². The van der Waals surface area contributed by atoms with Gasteiger partial charge in [-0.05, 0) is 25.0 Å². The normalized spacial score (nSPS) is 10.6. The van der Waals surface area contributed by atoms with Crippen molar-refractivity contribution < 1.29 is 22.4 Å². The molecule has 0 fully saturated rings. The van der Waals surface area contributed by atoms with Crippen LogP contribution in [0.2, 0.25) is 0 Å². The number of rotatable bonds is 7. The zero-order chi connectivity index (χ0) is 12.7. The van der Waals surface area contributed by atoms with Gasteiger partial charge in [0.2, 0.25) is 0 Å². The Morgan fingerprint density at radius 2 is 1.78 bits per heavy atom. The molecule has 5 nitrogen and oxygen atoms in total. The van der Waals surface area contributed by atoms with Gasteiger partial charge in [0.15, 0.2) is 11.5 Å². The third-order valence-corrected chi connectivity index (χ3v) is 2.93. The fourth-order valence-corrected chi connectivity index (χ4v) is 1.88. The molecule has 0 radical (unpaired) electrons. The maximum absolute atomic E-state index is 10.5. The number of unbranched alkanes of at least 4 members (excludes halogenated alkanes) is 1. The SMILES string of the molecule is COc1ccccc1OCCCCS(=O)(=O)O.[NaH]. The third kappa shape index (κ3) is 7.23. The standard InChI is InChI=1S/C11H16O5S.Na.H/c1-15-10-6-2-3-7-11(10)16-8-4-5-9-17(12,13)14;;/h2-3,6-7H,4-5,8-9H2,1H3,(H,12,13,14);;. The summed E-state index contributed by atoms with van der Waals surface area (Å²) in [6.07, 6.45) is 0.922. The average molecular weight is 284 g/mol. The molecule has 98 valence electrons. The molecule has 0 aliphatic carbocycles. The summed E-state index contributed by atoms with van der Waals surface area (Å²) < 4.78 is 40.0. The molecule has 0 unspecified atom stereocenters. The number of para-hydroxylation sites is 2. The summed E-state index contributed by atoms with van der Waals surface area (Å²) in [5.41, 5.74) is 0. The zero-order valence-corrected chi connectivity index (χ0v) is 10.4. The van der Waals surface area contributed by atoms with Crippen LogP contribution >= 0.6 is 0 Å². The quantitative estimate of drug-likeness (QED) is 0.461. The van der Waals surface area contributed by atoms with Gasteiger partial charge < -0.3 is 9.47 Å². The Bertz CT molecular complexity index is 447. The van der Waals surface area contributed by atoms with E-state index in [2.05, 4.69) is 0 Å². The Morgan fingerprint density at radius 3 is 2.33 bits per heavy atom. The summed E-state index contributed by atoms with van der Waals surface area (Å²) in [4.78, 5) is 0. The minimum absolute atomic E-state index is 0. The first kappa shape index (κ1) is 17.7. The summed E-state index contributed by atoms with van der Waals surface area (Å²) in [5, 5.41) is 0. The van der Waals surface area contributed by atoms with E-state index < -0.39 is 10.1 Å². The molecule has 1 aromatic carbocycles. The van der Waals surface area contributed by atoms with Crippen molar-refractivity contribution in [2.24, 2.45) is 0 Å². The number of methoxy groups -OCH3 is 1. The molecule has 1 rings (SSSR count). The fraction of sp³-hybridized carbons (Fsp3) is 0.455. The van der Waals surface area contributed by atoms with Crippen molar-refractivity contribution in [2.45, 2.75) is 12.8 Å². The van der Waals surface area contributed by atoms with Crippen molar-refractivity contribution in [3.8, 4) is 11.5 Å². The van der Waals surface area contributed by atoms with Crippen LogP contribution in [0.15, 0.2) is 24.3 Å². The van der Waals surface area contributed by atoms with E-state index in [1.807, 2.05) is 12.1 Å². The first-order chi connectivity index (χ1) is 8.03. The summed E-state index contributed by atoms with van der Waals surface area (Å²) in [7, 11) is -2.31. The topological polar surface area (TPSA) is 72.8 Å². The zero-order valence-electron chi connectivity index (χ0n) is 9.63. The molecule has 1 N–H and O–H groups in total. The molecule has 0 spiro atoms. The van der Waals surface area contributed by atoms with E-state index in [-0.39, 0.29) is 35.3 Å². The van der Waals surface area contributed by atoms with Crippen LogP contribution in [0.3, 0.4) is 0 Å². The van der Waals surface area contributed by atoms with Gasteiger partial charge in [-0.15, -0.1) is 0 Å². The summed E-state index contributed by atoms with van der Waals surface area (Å²) in [6, 6.07) is 7.23. The first-order valence-electron chi connectivity index (χ1n) is 5.24. The van der Waals surface area contributed by atoms with E-state index in [1.54, 1.807) is 19.2 Å². The van der Waals surface area contributed by atoms with Gasteiger partial charge in [-0.25, -0.2) is 0 Å². The van der Waals surface area contributed by atoms with Gasteiger partial charge in [0.1, 0.15) is 0 Å². The van der Waals surface area contributed by atoms with Crippen molar-refractivity contribution in [1.82, 2.24) is 0 Å². The molecule has 0 bridgehead atoms. The van der Waals surface area contributed by atoms with Gasteiger partial charge >= 0.3 is 29.6 Å². The monoisotopic (exact) mass is 284 g/mol. The molecular formula is C11H17NaO5S. The number of hydrogen-bond donors (Lipinski definition) is 1. The van der Waals surface area contributed by atoms with Gasteiger partial charge in [-0.1, -0.05) is 12.1 Å². The van der Waals surface area contributed by atoms with Crippen molar-refractivity contribution in [1.29, 1.82) is 0 Å². The Kier molecular flexibility index (Phi) is 8.64. The molecule has 0 heterocycles. The van der Waals surface area contributed by atoms with Crippen LogP contribution in [0, 0.1) is 0 Å². The van der Waals surface area contributed by atoms with Gasteiger partial charge in [-0.2, -0.15) is 8.42 Å². The van der Waals surface area contributed by atoms with Crippen molar-refractivity contribution in [3.05, 3.63) is 24.3 Å². The fourth-order valence-electron chi connectivity index (χ4n) is 1.31. The van der Waals surface area contributed by atoms with E-state index in [0.29, 0.717) is 30.9 Å². The molecule has 0 atom stereocenters. The van der Waals surface area contributed by atoms with Crippen LogP contribution in [0.5, 0.6) is 11.5 Å². The van der Waals surface area contributed by atoms with E-state index in [9.17, 15) is 8.42 Å². The molecule has 0 saturated carbocycles. The Morgan fingerprint density at radius 1 is 1.17 bits per heavy atom. The molecular weight excluding hydrogens is 267 g/mol. The second-order valence-corrected chi connectivity index (χ2v) is 5.06. The molecule has 0 saturated heterocycles.